The van der Waals surface area contributed by atoms with E-state index in [2.05, 4.69) is 42.4 Å². The number of carbonyl (C=O) groups excluding carboxylic acids is 1. The molecule has 1 saturated heterocycles. The summed E-state index contributed by atoms with van der Waals surface area (Å²) in [5.74, 6) is -2.51. The number of aromatic nitrogens is 4. The number of hydrogen-bond donors (Lipinski definition) is 3. The molecule has 2 aromatic heterocycles. The second-order valence-corrected chi connectivity index (χ2v) is 9.23. The first-order valence-electron chi connectivity index (χ1n) is 12.3. The topological polar surface area (TPSA) is 117 Å². The summed E-state index contributed by atoms with van der Waals surface area (Å²) in [6.07, 6.45) is 5.38. The maximum atomic E-state index is 15.0. The van der Waals surface area contributed by atoms with Gasteiger partial charge >= 0.3 is 0 Å². The number of nitrogens with one attached hydrogen (secondary N) is 3. The van der Waals surface area contributed by atoms with Crippen molar-refractivity contribution < 1.29 is 13.6 Å². The molecule has 4 aromatic rings. The van der Waals surface area contributed by atoms with Crippen LogP contribution in [0, 0.1) is 11.6 Å². The summed E-state index contributed by atoms with van der Waals surface area (Å²) in [4.78, 5) is 38.7. The minimum atomic E-state index is -1.07. The van der Waals surface area contributed by atoms with E-state index in [1.165, 1.54) is 29.2 Å². The highest BCUT2D eigenvalue weighted by molar-refractivity contribution is 5.99. The van der Waals surface area contributed by atoms with Gasteiger partial charge in [0, 0.05) is 17.9 Å². The Morgan fingerprint density at radius 3 is 2.62 bits per heavy atom. The molecule has 0 atom stereocenters. The Hall–Kier alpha value is -4.71. The summed E-state index contributed by atoms with van der Waals surface area (Å²) >= 11 is 0. The fourth-order valence-electron chi connectivity index (χ4n) is 4.37. The Kier molecular flexibility index (Phi) is 7.28. The van der Waals surface area contributed by atoms with Crippen LogP contribution < -0.4 is 21.5 Å². The van der Waals surface area contributed by atoms with Crippen LogP contribution >= 0.6 is 0 Å². The van der Waals surface area contributed by atoms with Gasteiger partial charge in [-0.3, -0.25) is 14.2 Å². The number of nitrogens with zero attached hydrogens (tertiary/aromatic N) is 5. The number of benzene rings is 2. The van der Waals surface area contributed by atoms with Gasteiger partial charge in [0.05, 0.1) is 17.1 Å². The molecule has 0 unspecified atom stereocenters. The smallest absolute Gasteiger partial charge is 0.283 e. The molecule has 1 aliphatic heterocycles. The molecule has 39 heavy (non-hydrogen) atoms. The monoisotopic (exact) mass is 532 g/mol. The van der Waals surface area contributed by atoms with Crippen molar-refractivity contribution >= 4 is 40.0 Å². The number of halogens is 2. The summed E-state index contributed by atoms with van der Waals surface area (Å²) in [5.41, 5.74) is 0.601. The average molecular weight is 533 g/mol. The van der Waals surface area contributed by atoms with Crippen molar-refractivity contribution in [2.24, 2.45) is 0 Å². The van der Waals surface area contributed by atoms with E-state index in [1.54, 1.807) is 24.3 Å². The first-order valence-corrected chi connectivity index (χ1v) is 12.3. The molecule has 200 valence electrons. The fourth-order valence-corrected chi connectivity index (χ4v) is 4.37. The standard InChI is InChI=1S/C27H26F2N8O2/c1-3-22(38)33-17-5-4-6-18(13-17)37-15-31-26(39)19-14-30-27(35-25(19)37)34-21-8-7-20(23(28)24(21)29)32-16-9-11-36(2)12-10-16/h3-8,13-16,32H,1,9-12H2,2H3,(H,33,38)(H,30,34,35). The summed E-state index contributed by atoms with van der Waals surface area (Å²) in [5, 5.41) is 8.60. The van der Waals surface area contributed by atoms with Crippen molar-refractivity contribution in [1.82, 2.24) is 24.4 Å². The van der Waals surface area contributed by atoms with Crippen molar-refractivity contribution in [2.75, 3.05) is 36.1 Å². The van der Waals surface area contributed by atoms with E-state index in [4.69, 9.17) is 0 Å². The highest BCUT2D eigenvalue weighted by Crippen LogP contribution is 2.28. The minimum absolute atomic E-state index is 0.0488. The van der Waals surface area contributed by atoms with E-state index < -0.39 is 17.2 Å². The van der Waals surface area contributed by atoms with Gasteiger partial charge in [0.1, 0.15) is 11.7 Å². The lowest BCUT2D eigenvalue weighted by atomic mass is 10.1. The van der Waals surface area contributed by atoms with Gasteiger partial charge in [0.15, 0.2) is 17.3 Å². The second-order valence-electron chi connectivity index (χ2n) is 9.23. The molecule has 12 heteroatoms. The molecule has 0 radical (unpaired) electrons. The third-order valence-corrected chi connectivity index (χ3v) is 6.50. The van der Waals surface area contributed by atoms with Gasteiger partial charge in [-0.2, -0.15) is 9.97 Å². The number of hydrogen-bond acceptors (Lipinski definition) is 8. The van der Waals surface area contributed by atoms with E-state index in [0.29, 0.717) is 11.4 Å². The molecule has 0 bridgehead atoms. The van der Waals surface area contributed by atoms with Gasteiger partial charge < -0.3 is 20.9 Å². The van der Waals surface area contributed by atoms with Crippen LogP contribution in [0.25, 0.3) is 16.7 Å². The first-order chi connectivity index (χ1) is 18.8. The van der Waals surface area contributed by atoms with Crippen molar-refractivity contribution in [3.63, 3.8) is 0 Å². The Morgan fingerprint density at radius 2 is 1.85 bits per heavy atom. The Labute approximate surface area is 222 Å². The molecule has 1 fully saturated rings. The number of piperidine rings is 1. The summed E-state index contributed by atoms with van der Waals surface area (Å²) in [6, 6.07) is 9.73. The summed E-state index contributed by atoms with van der Waals surface area (Å²) in [7, 11) is 2.03. The van der Waals surface area contributed by atoms with Crippen LogP contribution in [-0.2, 0) is 4.79 Å². The van der Waals surface area contributed by atoms with Crippen molar-refractivity contribution in [1.29, 1.82) is 0 Å². The van der Waals surface area contributed by atoms with E-state index in [9.17, 15) is 14.0 Å². The predicted octanol–water partition coefficient (Wildman–Crippen LogP) is 3.83. The lowest BCUT2D eigenvalue weighted by molar-refractivity contribution is -0.111. The lowest BCUT2D eigenvalue weighted by Crippen LogP contribution is -2.36. The summed E-state index contributed by atoms with van der Waals surface area (Å²) < 4.78 is 31.5. The van der Waals surface area contributed by atoms with Crippen LogP contribution in [0.1, 0.15) is 12.8 Å². The average Bonchev–Trinajstić information content (AvgIpc) is 2.94. The largest absolute Gasteiger partial charge is 0.380 e. The SMILES string of the molecule is C=CC(=O)Nc1cccc(-n2cnc(=O)c3cnc(Nc4ccc(NC5CCN(C)CC5)c(F)c4F)nc32)c1. The van der Waals surface area contributed by atoms with Crippen LogP contribution in [-0.4, -0.2) is 56.5 Å². The zero-order chi connectivity index (χ0) is 27.5. The molecule has 3 N–H and O–H groups in total. The van der Waals surface area contributed by atoms with Crippen LogP contribution in [0.4, 0.5) is 31.8 Å². The van der Waals surface area contributed by atoms with Crippen LogP contribution in [0.15, 0.2) is 66.4 Å². The lowest BCUT2D eigenvalue weighted by Gasteiger charge is -2.30. The molecule has 3 heterocycles. The Morgan fingerprint density at radius 1 is 1.10 bits per heavy atom. The molecule has 2 aromatic carbocycles. The molecule has 0 aliphatic carbocycles. The van der Waals surface area contributed by atoms with E-state index in [1.807, 2.05) is 7.05 Å². The number of carbonyl (C=O) groups is 1. The number of anilines is 4. The van der Waals surface area contributed by atoms with E-state index in [-0.39, 0.29) is 40.3 Å². The third-order valence-electron chi connectivity index (χ3n) is 6.50. The highest BCUT2D eigenvalue weighted by Gasteiger charge is 2.20. The normalized spacial score (nSPS) is 14.2. The fraction of sp³-hybridized carbons (Fsp3) is 0.222. The zero-order valence-electron chi connectivity index (χ0n) is 21.1. The molecule has 10 nitrogen and oxygen atoms in total. The summed E-state index contributed by atoms with van der Waals surface area (Å²) in [6.45, 7) is 5.20. The number of fused-ring (bicyclic) bond motifs is 1. The first kappa shape index (κ1) is 25.9. The third kappa shape index (κ3) is 5.60. The van der Waals surface area contributed by atoms with Crippen molar-refractivity contribution in [3.8, 4) is 5.69 Å². The maximum absolute atomic E-state index is 15.0. The molecule has 0 spiro atoms. The highest BCUT2D eigenvalue weighted by atomic mass is 19.2. The molecule has 1 aliphatic rings. The van der Waals surface area contributed by atoms with Crippen LogP contribution in [0.3, 0.4) is 0 Å². The van der Waals surface area contributed by atoms with Crippen LogP contribution in [0.5, 0.6) is 0 Å². The number of amides is 1. The van der Waals surface area contributed by atoms with Gasteiger partial charge in [-0.1, -0.05) is 12.6 Å². The molecular weight excluding hydrogens is 506 g/mol. The predicted molar refractivity (Wildman–Crippen MR) is 146 cm³/mol. The van der Waals surface area contributed by atoms with Gasteiger partial charge in [0.25, 0.3) is 5.56 Å². The molecule has 0 saturated carbocycles. The van der Waals surface area contributed by atoms with Crippen molar-refractivity contribution in [2.45, 2.75) is 18.9 Å². The number of rotatable bonds is 7. The van der Waals surface area contributed by atoms with E-state index in [0.717, 1.165) is 32.0 Å². The zero-order valence-corrected chi connectivity index (χ0v) is 21.1. The van der Waals surface area contributed by atoms with Crippen LogP contribution in [0.2, 0.25) is 0 Å². The van der Waals surface area contributed by atoms with E-state index >= 15 is 4.39 Å². The second kappa shape index (κ2) is 11.0. The van der Waals surface area contributed by atoms with Gasteiger partial charge in [0.2, 0.25) is 11.9 Å². The minimum Gasteiger partial charge on any atom is -0.380 e. The Bertz CT molecular complexity index is 1620. The number of likely N-dealkylation sites (tertiary alicyclic amines) is 1. The maximum Gasteiger partial charge on any atom is 0.283 e. The van der Waals surface area contributed by atoms with Gasteiger partial charge in [-0.25, -0.2) is 13.8 Å². The Balaban J connectivity index is 1.44. The van der Waals surface area contributed by atoms with Gasteiger partial charge in [-0.15, -0.1) is 0 Å². The molecular formula is C27H26F2N8O2. The molecule has 1 amide bonds. The van der Waals surface area contributed by atoms with Gasteiger partial charge in [-0.05, 0) is 69.4 Å². The molecule has 5 rings (SSSR count). The van der Waals surface area contributed by atoms with Crippen molar-refractivity contribution in [3.05, 3.63) is 83.6 Å². The quantitative estimate of drug-likeness (QED) is 0.308.